The largest absolute Gasteiger partial charge is 0.508 e. The standard InChI is InChI=1S/C27H32N6O7/c28-20(14-34)24(36)31-22(12-18-13-29-15-30-18)26(38)32-21(10-17-6-8-19(35)9-7-17)25(37)33-23(27(39)40)11-16-4-2-1-3-5-16/h1-9,13,15,20-23,34-35H,10-12,14,28H2,(H,29,30)(H,31,36)(H,32,38)(H,33,37)(H,39,40). The minimum Gasteiger partial charge on any atom is -0.508 e. The van der Waals surface area contributed by atoms with Gasteiger partial charge >= 0.3 is 5.97 Å². The summed E-state index contributed by atoms with van der Waals surface area (Å²) < 4.78 is 0. The number of aliphatic hydroxyl groups excluding tert-OH is 1. The topological polar surface area (TPSA) is 220 Å². The lowest BCUT2D eigenvalue weighted by Crippen LogP contribution is -2.58. The van der Waals surface area contributed by atoms with Gasteiger partial charge in [-0.3, -0.25) is 14.4 Å². The number of carbonyl (C=O) groups is 4. The lowest BCUT2D eigenvalue weighted by molar-refractivity contribution is -0.142. The molecule has 13 nitrogen and oxygen atoms in total. The lowest BCUT2D eigenvalue weighted by atomic mass is 10.0. The van der Waals surface area contributed by atoms with Crippen molar-refractivity contribution in [1.29, 1.82) is 0 Å². The van der Waals surface area contributed by atoms with Crippen molar-refractivity contribution in [3.63, 3.8) is 0 Å². The van der Waals surface area contributed by atoms with E-state index in [-0.39, 0.29) is 25.0 Å². The number of rotatable bonds is 14. The molecule has 0 saturated carbocycles. The molecule has 3 aromatic rings. The molecule has 0 aliphatic carbocycles. The Hall–Kier alpha value is -4.75. The zero-order valence-corrected chi connectivity index (χ0v) is 21.5. The van der Waals surface area contributed by atoms with E-state index in [0.717, 1.165) is 0 Å². The fourth-order valence-corrected chi connectivity index (χ4v) is 3.86. The summed E-state index contributed by atoms with van der Waals surface area (Å²) in [6, 6.07) is 9.69. The normalized spacial score (nSPS) is 13.8. The maximum atomic E-state index is 13.4. The highest BCUT2D eigenvalue weighted by Gasteiger charge is 2.31. The molecule has 0 aliphatic heterocycles. The van der Waals surface area contributed by atoms with Gasteiger partial charge in [0.25, 0.3) is 0 Å². The van der Waals surface area contributed by atoms with Gasteiger partial charge in [0.15, 0.2) is 0 Å². The third kappa shape index (κ3) is 8.92. The number of aliphatic carboxylic acids is 1. The molecule has 1 aromatic heterocycles. The SMILES string of the molecule is NC(CO)C(=O)NC(Cc1cnc[nH]1)C(=O)NC(Cc1ccc(O)cc1)C(=O)NC(Cc1ccccc1)C(=O)O. The quantitative estimate of drug-likeness (QED) is 0.123. The molecule has 0 fully saturated rings. The van der Waals surface area contributed by atoms with E-state index >= 15 is 0 Å². The van der Waals surface area contributed by atoms with E-state index in [1.165, 1.54) is 24.7 Å². The number of aromatic hydroxyl groups is 1. The van der Waals surface area contributed by atoms with Gasteiger partial charge in [-0.15, -0.1) is 0 Å². The molecule has 4 atom stereocenters. The Bertz CT molecular complexity index is 1270. The van der Waals surface area contributed by atoms with Crippen molar-refractivity contribution in [2.45, 2.75) is 43.4 Å². The molecule has 2 aromatic carbocycles. The molecule has 0 radical (unpaired) electrons. The van der Waals surface area contributed by atoms with Crippen LogP contribution in [0.3, 0.4) is 0 Å². The van der Waals surface area contributed by atoms with Crippen LogP contribution in [0.2, 0.25) is 0 Å². The van der Waals surface area contributed by atoms with Crippen molar-refractivity contribution in [3.05, 3.63) is 83.9 Å². The second-order valence-corrected chi connectivity index (χ2v) is 9.15. The predicted molar refractivity (Wildman–Crippen MR) is 143 cm³/mol. The molecular weight excluding hydrogens is 520 g/mol. The minimum atomic E-state index is -1.28. The highest BCUT2D eigenvalue weighted by molar-refractivity contribution is 5.94. The molecule has 0 saturated heterocycles. The van der Waals surface area contributed by atoms with E-state index in [1.54, 1.807) is 42.5 Å². The van der Waals surface area contributed by atoms with Crippen LogP contribution in [-0.2, 0) is 38.4 Å². The number of aromatic amines is 1. The third-order valence-electron chi connectivity index (χ3n) is 6.05. The zero-order chi connectivity index (χ0) is 29.1. The zero-order valence-electron chi connectivity index (χ0n) is 21.5. The summed E-state index contributed by atoms with van der Waals surface area (Å²) in [7, 11) is 0. The number of imidazole rings is 1. The van der Waals surface area contributed by atoms with Crippen LogP contribution in [0.1, 0.15) is 16.8 Å². The third-order valence-corrected chi connectivity index (χ3v) is 6.05. The van der Waals surface area contributed by atoms with Gasteiger partial charge < -0.3 is 42.0 Å². The highest BCUT2D eigenvalue weighted by Crippen LogP contribution is 2.13. The molecule has 0 spiro atoms. The molecule has 4 unspecified atom stereocenters. The Morgan fingerprint density at radius 2 is 1.35 bits per heavy atom. The van der Waals surface area contributed by atoms with Crippen LogP contribution < -0.4 is 21.7 Å². The maximum Gasteiger partial charge on any atom is 0.326 e. The van der Waals surface area contributed by atoms with Crippen LogP contribution in [0.15, 0.2) is 67.1 Å². The van der Waals surface area contributed by atoms with Crippen molar-refractivity contribution < 1.29 is 34.5 Å². The Morgan fingerprint density at radius 3 is 1.93 bits per heavy atom. The highest BCUT2D eigenvalue weighted by atomic mass is 16.4. The van der Waals surface area contributed by atoms with Crippen LogP contribution in [0, 0.1) is 0 Å². The number of nitrogens with one attached hydrogen (secondary N) is 4. The van der Waals surface area contributed by atoms with Gasteiger partial charge in [0.05, 0.1) is 12.9 Å². The number of phenols is 1. The monoisotopic (exact) mass is 552 g/mol. The van der Waals surface area contributed by atoms with E-state index in [0.29, 0.717) is 16.8 Å². The number of hydrogen-bond donors (Lipinski definition) is 8. The van der Waals surface area contributed by atoms with Gasteiger partial charge in [-0.05, 0) is 23.3 Å². The molecule has 0 aliphatic rings. The Morgan fingerprint density at radius 1 is 0.800 bits per heavy atom. The summed E-state index contributed by atoms with van der Waals surface area (Å²) >= 11 is 0. The fraction of sp³-hybridized carbons (Fsp3) is 0.296. The van der Waals surface area contributed by atoms with E-state index in [9.17, 15) is 34.5 Å². The van der Waals surface area contributed by atoms with Crippen molar-refractivity contribution in [2.24, 2.45) is 5.73 Å². The molecule has 9 N–H and O–H groups in total. The van der Waals surface area contributed by atoms with Crippen LogP contribution in [0.25, 0.3) is 0 Å². The maximum absolute atomic E-state index is 13.4. The molecule has 13 heteroatoms. The molecule has 3 amide bonds. The van der Waals surface area contributed by atoms with Gasteiger partial charge in [0.1, 0.15) is 29.9 Å². The average Bonchev–Trinajstić information content (AvgIpc) is 3.46. The summed E-state index contributed by atoms with van der Waals surface area (Å²) in [6.07, 6.45) is 2.79. The molecular formula is C27H32N6O7. The van der Waals surface area contributed by atoms with Crippen LogP contribution in [0.5, 0.6) is 5.75 Å². The van der Waals surface area contributed by atoms with Gasteiger partial charge in [0.2, 0.25) is 17.7 Å². The number of carboxylic acids is 1. The molecule has 212 valence electrons. The number of nitrogens with zero attached hydrogens (tertiary/aromatic N) is 1. The number of H-pyrrole nitrogens is 1. The average molecular weight is 553 g/mol. The van der Waals surface area contributed by atoms with Crippen LogP contribution in [-0.4, -0.2) is 79.8 Å². The fourth-order valence-electron chi connectivity index (χ4n) is 3.86. The first kappa shape index (κ1) is 29.8. The number of amides is 3. The van der Waals surface area contributed by atoms with Crippen LogP contribution >= 0.6 is 0 Å². The summed E-state index contributed by atoms with van der Waals surface area (Å²) in [6.45, 7) is -0.645. The molecule has 1 heterocycles. The summed E-state index contributed by atoms with van der Waals surface area (Å²) in [5, 5.41) is 36.2. The van der Waals surface area contributed by atoms with Crippen molar-refractivity contribution >= 4 is 23.7 Å². The number of aromatic nitrogens is 2. The second kappa shape index (κ2) is 14.4. The summed E-state index contributed by atoms with van der Waals surface area (Å²) in [5.41, 5.74) is 7.37. The van der Waals surface area contributed by atoms with E-state index in [4.69, 9.17) is 5.73 Å². The first-order chi connectivity index (χ1) is 19.2. The van der Waals surface area contributed by atoms with Crippen LogP contribution in [0.4, 0.5) is 0 Å². The number of carbonyl (C=O) groups excluding carboxylic acids is 3. The van der Waals surface area contributed by atoms with Crippen molar-refractivity contribution in [3.8, 4) is 5.75 Å². The number of aliphatic hydroxyl groups is 1. The summed E-state index contributed by atoms with van der Waals surface area (Å²) in [4.78, 5) is 57.8. The van der Waals surface area contributed by atoms with E-state index < -0.39 is 54.5 Å². The minimum absolute atomic E-state index is 0.00476. The first-order valence-electron chi connectivity index (χ1n) is 12.5. The Kier molecular flexibility index (Phi) is 10.7. The van der Waals surface area contributed by atoms with Gasteiger partial charge in [-0.2, -0.15) is 0 Å². The second-order valence-electron chi connectivity index (χ2n) is 9.15. The lowest BCUT2D eigenvalue weighted by Gasteiger charge is -2.25. The number of benzene rings is 2. The Labute approximate surface area is 229 Å². The van der Waals surface area contributed by atoms with Gasteiger partial charge in [0, 0.05) is 31.2 Å². The van der Waals surface area contributed by atoms with Crippen molar-refractivity contribution in [2.75, 3.05) is 6.61 Å². The van der Waals surface area contributed by atoms with Gasteiger partial charge in [-0.25, -0.2) is 9.78 Å². The Balaban J connectivity index is 1.83. The smallest absolute Gasteiger partial charge is 0.326 e. The van der Waals surface area contributed by atoms with E-state index in [1.807, 2.05) is 0 Å². The number of phenolic OH excluding ortho intramolecular Hbond substituents is 1. The van der Waals surface area contributed by atoms with Gasteiger partial charge in [-0.1, -0.05) is 42.5 Å². The molecule has 40 heavy (non-hydrogen) atoms. The number of carboxylic acid groups (broad SMARTS) is 1. The van der Waals surface area contributed by atoms with E-state index in [2.05, 4.69) is 25.9 Å². The van der Waals surface area contributed by atoms with Crippen molar-refractivity contribution in [1.82, 2.24) is 25.9 Å². The predicted octanol–water partition coefficient (Wildman–Crippen LogP) is -0.998. The molecule has 3 rings (SSSR count). The number of hydrogen-bond acceptors (Lipinski definition) is 8. The molecule has 0 bridgehead atoms. The first-order valence-corrected chi connectivity index (χ1v) is 12.5. The number of nitrogens with two attached hydrogens (primary N) is 1. The summed E-state index contributed by atoms with van der Waals surface area (Å²) in [5.74, 6) is -3.54.